The number of esters is 1. The van der Waals surface area contributed by atoms with Crippen LogP contribution in [0.5, 0.6) is 17.2 Å². The highest BCUT2D eigenvalue weighted by molar-refractivity contribution is 6.08. The van der Waals surface area contributed by atoms with E-state index in [0.717, 1.165) is 11.3 Å². The van der Waals surface area contributed by atoms with E-state index in [2.05, 4.69) is 5.32 Å². The van der Waals surface area contributed by atoms with E-state index in [1.54, 1.807) is 73.8 Å². The number of anilines is 1. The van der Waals surface area contributed by atoms with Crippen molar-refractivity contribution < 1.29 is 28.5 Å². The molecule has 3 aromatic carbocycles. The Hall–Kier alpha value is -4.00. The molecule has 3 aromatic rings. The predicted octanol–water partition coefficient (Wildman–Crippen LogP) is 4.71. The van der Waals surface area contributed by atoms with Crippen LogP contribution in [0.15, 0.2) is 66.7 Å². The Morgan fingerprint density at radius 3 is 2.28 bits per heavy atom. The molecule has 1 N–H and O–H groups in total. The second-order valence-electron chi connectivity index (χ2n) is 6.71. The van der Waals surface area contributed by atoms with E-state index in [1.165, 1.54) is 7.11 Å². The zero-order valence-electron chi connectivity index (χ0n) is 18.2. The maximum atomic E-state index is 12.9. The van der Waals surface area contributed by atoms with Crippen molar-refractivity contribution in [3.63, 3.8) is 0 Å². The molecule has 0 heterocycles. The maximum absolute atomic E-state index is 12.9. The molecule has 1 amide bonds. The molecule has 3 rings (SSSR count). The first kappa shape index (κ1) is 22.7. The van der Waals surface area contributed by atoms with Crippen LogP contribution in [0.4, 0.5) is 5.69 Å². The van der Waals surface area contributed by atoms with Crippen molar-refractivity contribution in [1.29, 1.82) is 0 Å². The summed E-state index contributed by atoms with van der Waals surface area (Å²) in [6.45, 7) is 2.58. The van der Waals surface area contributed by atoms with Gasteiger partial charge in [0.25, 0.3) is 5.91 Å². The molecule has 0 saturated carbocycles. The van der Waals surface area contributed by atoms with Gasteiger partial charge in [-0.1, -0.05) is 12.1 Å². The van der Waals surface area contributed by atoms with Gasteiger partial charge >= 0.3 is 5.97 Å². The van der Waals surface area contributed by atoms with Crippen molar-refractivity contribution in [2.75, 3.05) is 26.1 Å². The van der Waals surface area contributed by atoms with Crippen molar-refractivity contribution in [3.05, 3.63) is 83.4 Å². The van der Waals surface area contributed by atoms with E-state index < -0.39 is 5.97 Å². The first-order valence-electron chi connectivity index (χ1n) is 10.1. The number of carbonyl (C=O) groups is 2. The fourth-order valence-electron chi connectivity index (χ4n) is 3.04. The van der Waals surface area contributed by atoms with Crippen molar-refractivity contribution in [3.8, 4) is 17.2 Å². The smallest absolute Gasteiger partial charge is 0.339 e. The monoisotopic (exact) mass is 435 g/mol. The van der Waals surface area contributed by atoms with Gasteiger partial charge in [0.1, 0.15) is 23.9 Å². The number of hydrogen-bond acceptors (Lipinski definition) is 6. The van der Waals surface area contributed by atoms with Gasteiger partial charge in [-0.15, -0.1) is 0 Å². The number of carbonyl (C=O) groups excluding carboxylic acids is 2. The molecular formula is C25H25NO6. The quantitative estimate of drug-likeness (QED) is 0.490. The standard InChI is InChI=1S/C25H25NO6/c1-4-31-23-14-9-17(15-18(23)16-32-20-12-10-19(29-2)11-13-20)24(27)26-22-8-6-5-7-21(22)25(28)30-3/h5-15H,4,16H2,1-3H3,(H,26,27). The number of hydrogen-bond donors (Lipinski definition) is 1. The third kappa shape index (κ3) is 5.57. The molecule has 0 spiro atoms. The summed E-state index contributed by atoms with van der Waals surface area (Å²) >= 11 is 0. The minimum Gasteiger partial charge on any atom is -0.497 e. The molecule has 0 fully saturated rings. The summed E-state index contributed by atoms with van der Waals surface area (Å²) in [5.74, 6) is 1.14. The molecule has 0 aliphatic heterocycles. The molecule has 32 heavy (non-hydrogen) atoms. The number of methoxy groups -OCH3 is 2. The van der Waals surface area contributed by atoms with Gasteiger partial charge < -0.3 is 24.3 Å². The lowest BCUT2D eigenvalue weighted by Crippen LogP contribution is -2.16. The SMILES string of the molecule is CCOc1ccc(C(=O)Nc2ccccc2C(=O)OC)cc1COc1ccc(OC)cc1. The molecule has 0 aromatic heterocycles. The van der Waals surface area contributed by atoms with Gasteiger partial charge in [0.05, 0.1) is 32.1 Å². The number of benzene rings is 3. The van der Waals surface area contributed by atoms with Crippen molar-refractivity contribution in [2.24, 2.45) is 0 Å². The van der Waals surface area contributed by atoms with Gasteiger partial charge in [-0.3, -0.25) is 4.79 Å². The summed E-state index contributed by atoms with van der Waals surface area (Å²) in [6.07, 6.45) is 0. The van der Waals surface area contributed by atoms with Crippen LogP contribution in [0.1, 0.15) is 33.2 Å². The lowest BCUT2D eigenvalue weighted by atomic mass is 10.1. The lowest BCUT2D eigenvalue weighted by Gasteiger charge is -2.14. The van der Waals surface area contributed by atoms with Gasteiger partial charge in [-0.2, -0.15) is 0 Å². The molecule has 0 bridgehead atoms. The highest BCUT2D eigenvalue weighted by Crippen LogP contribution is 2.25. The largest absolute Gasteiger partial charge is 0.497 e. The fraction of sp³-hybridized carbons (Fsp3) is 0.200. The van der Waals surface area contributed by atoms with Crippen LogP contribution in [0, 0.1) is 0 Å². The summed E-state index contributed by atoms with van der Waals surface area (Å²) in [4.78, 5) is 24.9. The van der Waals surface area contributed by atoms with Gasteiger partial charge in [-0.25, -0.2) is 4.79 Å². The van der Waals surface area contributed by atoms with Gasteiger partial charge in [0.2, 0.25) is 0 Å². The Kier molecular flexibility index (Phi) is 7.70. The fourth-order valence-corrected chi connectivity index (χ4v) is 3.04. The zero-order chi connectivity index (χ0) is 22.9. The minimum atomic E-state index is -0.527. The second kappa shape index (κ2) is 10.9. The summed E-state index contributed by atoms with van der Waals surface area (Å²) in [6, 6.07) is 19.0. The molecule has 0 aliphatic rings. The van der Waals surface area contributed by atoms with Crippen LogP contribution >= 0.6 is 0 Å². The summed E-state index contributed by atoms with van der Waals surface area (Å²) < 4.78 is 21.5. The van der Waals surface area contributed by atoms with Crippen molar-refractivity contribution >= 4 is 17.6 Å². The van der Waals surface area contributed by atoms with Crippen LogP contribution in [-0.2, 0) is 11.3 Å². The molecule has 0 atom stereocenters. The zero-order valence-corrected chi connectivity index (χ0v) is 18.2. The molecular weight excluding hydrogens is 410 g/mol. The maximum Gasteiger partial charge on any atom is 0.339 e. The van der Waals surface area contributed by atoms with Crippen LogP contribution in [-0.4, -0.2) is 32.7 Å². The molecule has 0 saturated heterocycles. The van der Waals surface area contributed by atoms with E-state index in [9.17, 15) is 9.59 Å². The number of ether oxygens (including phenoxy) is 4. The molecule has 7 nitrogen and oxygen atoms in total. The Morgan fingerprint density at radius 1 is 0.875 bits per heavy atom. The number of amides is 1. The Morgan fingerprint density at radius 2 is 1.59 bits per heavy atom. The summed E-state index contributed by atoms with van der Waals surface area (Å²) in [7, 11) is 2.90. The third-order valence-electron chi connectivity index (χ3n) is 4.66. The van der Waals surface area contributed by atoms with Crippen LogP contribution in [0.2, 0.25) is 0 Å². The van der Waals surface area contributed by atoms with E-state index in [-0.39, 0.29) is 18.1 Å². The van der Waals surface area contributed by atoms with E-state index in [0.29, 0.717) is 29.4 Å². The second-order valence-corrected chi connectivity index (χ2v) is 6.71. The van der Waals surface area contributed by atoms with E-state index in [1.807, 2.05) is 6.92 Å². The topological polar surface area (TPSA) is 83.1 Å². The summed E-state index contributed by atoms with van der Waals surface area (Å²) in [5.41, 5.74) is 1.77. The number of rotatable bonds is 9. The van der Waals surface area contributed by atoms with Gasteiger partial charge in [-0.05, 0) is 61.5 Å². The first-order valence-corrected chi connectivity index (χ1v) is 10.1. The van der Waals surface area contributed by atoms with Crippen molar-refractivity contribution in [1.82, 2.24) is 0 Å². The minimum absolute atomic E-state index is 0.210. The summed E-state index contributed by atoms with van der Waals surface area (Å²) in [5, 5.41) is 2.77. The Bertz CT molecular complexity index is 1080. The predicted molar refractivity (Wildman–Crippen MR) is 121 cm³/mol. The normalized spacial score (nSPS) is 10.2. The average molecular weight is 435 g/mol. The Balaban J connectivity index is 1.80. The van der Waals surface area contributed by atoms with Crippen molar-refractivity contribution in [2.45, 2.75) is 13.5 Å². The number of para-hydroxylation sites is 1. The first-order chi connectivity index (χ1) is 15.5. The highest BCUT2D eigenvalue weighted by atomic mass is 16.5. The van der Waals surface area contributed by atoms with Crippen LogP contribution in [0.3, 0.4) is 0 Å². The molecule has 0 unspecified atom stereocenters. The van der Waals surface area contributed by atoms with Gasteiger partial charge in [0, 0.05) is 11.1 Å². The lowest BCUT2D eigenvalue weighted by molar-refractivity contribution is 0.0602. The third-order valence-corrected chi connectivity index (χ3v) is 4.66. The molecule has 0 radical (unpaired) electrons. The molecule has 166 valence electrons. The Labute approximate surface area is 186 Å². The molecule has 7 heteroatoms. The van der Waals surface area contributed by atoms with Gasteiger partial charge in [0.15, 0.2) is 0 Å². The highest BCUT2D eigenvalue weighted by Gasteiger charge is 2.16. The van der Waals surface area contributed by atoms with Crippen LogP contribution in [0.25, 0.3) is 0 Å². The van der Waals surface area contributed by atoms with E-state index >= 15 is 0 Å². The van der Waals surface area contributed by atoms with E-state index in [4.69, 9.17) is 18.9 Å². The average Bonchev–Trinajstić information content (AvgIpc) is 2.83. The van der Waals surface area contributed by atoms with Crippen LogP contribution < -0.4 is 19.5 Å². The molecule has 0 aliphatic carbocycles. The number of nitrogens with one attached hydrogen (secondary N) is 1.